The lowest BCUT2D eigenvalue weighted by molar-refractivity contribution is -0.133. The van der Waals surface area contributed by atoms with Gasteiger partial charge in [-0.05, 0) is 54.4 Å². The number of benzene rings is 1. The Balaban J connectivity index is 1.92. The van der Waals surface area contributed by atoms with Gasteiger partial charge in [-0.3, -0.25) is 9.59 Å². The topological polar surface area (TPSA) is 49.4 Å². The van der Waals surface area contributed by atoms with E-state index >= 15 is 0 Å². The predicted molar refractivity (Wildman–Crippen MR) is 109 cm³/mol. The number of rotatable bonds is 5. The third-order valence-corrected chi connectivity index (χ3v) is 6.12. The van der Waals surface area contributed by atoms with Crippen LogP contribution in [0.15, 0.2) is 18.2 Å². The Kier molecular flexibility index (Phi) is 6.80. The molecule has 0 saturated heterocycles. The molecule has 1 N–H and O–H groups in total. The molecule has 3 rings (SSSR count). The molecule has 1 heterocycles. The van der Waals surface area contributed by atoms with Crippen molar-refractivity contribution in [1.82, 2.24) is 10.2 Å². The second-order valence-electron chi connectivity index (χ2n) is 8.33. The average molecular weight is 391 g/mol. The number of carbonyl (C=O) groups is 2. The van der Waals surface area contributed by atoms with Crippen LogP contribution in [0.2, 0.25) is 0 Å². The van der Waals surface area contributed by atoms with E-state index < -0.39 is 0 Å². The van der Waals surface area contributed by atoms with E-state index in [1.807, 2.05) is 17.0 Å². The second-order valence-corrected chi connectivity index (χ2v) is 8.60. The maximum absolute atomic E-state index is 12.6. The molecule has 1 fully saturated rings. The summed E-state index contributed by atoms with van der Waals surface area (Å²) in [6, 6.07) is 6.08. The number of hydrogen-bond acceptors (Lipinski definition) is 2. The van der Waals surface area contributed by atoms with Gasteiger partial charge in [-0.1, -0.05) is 39.2 Å². The Hall–Kier alpha value is -1.55. The summed E-state index contributed by atoms with van der Waals surface area (Å²) in [6.07, 6.45) is 6.81. The Morgan fingerprint density at radius 1 is 1.22 bits per heavy atom. The third kappa shape index (κ3) is 4.66. The number of amides is 2. The molecule has 148 valence electrons. The number of nitrogens with one attached hydrogen (secondary N) is 1. The number of carbonyl (C=O) groups excluding carboxylic acids is 2. The molecule has 1 atom stereocenters. The van der Waals surface area contributed by atoms with Crippen molar-refractivity contribution in [1.29, 1.82) is 0 Å². The maximum Gasteiger partial charge on any atom is 0.251 e. The zero-order valence-corrected chi connectivity index (χ0v) is 17.2. The highest BCUT2D eigenvalue weighted by Crippen LogP contribution is 2.42. The van der Waals surface area contributed by atoms with Crippen molar-refractivity contribution in [2.24, 2.45) is 11.8 Å². The van der Waals surface area contributed by atoms with Gasteiger partial charge in [-0.15, -0.1) is 11.6 Å². The van der Waals surface area contributed by atoms with Crippen LogP contribution in [0.1, 0.15) is 73.5 Å². The highest BCUT2D eigenvalue weighted by molar-refractivity contribution is 6.27. The minimum atomic E-state index is -0.0327. The molecule has 1 aliphatic heterocycles. The van der Waals surface area contributed by atoms with Gasteiger partial charge in [0.05, 0.1) is 6.04 Å². The van der Waals surface area contributed by atoms with E-state index in [1.54, 1.807) is 0 Å². The summed E-state index contributed by atoms with van der Waals surface area (Å²) in [5, 5.41) is 3.00. The van der Waals surface area contributed by atoms with Crippen LogP contribution < -0.4 is 5.32 Å². The first-order valence-electron chi connectivity index (χ1n) is 10.3. The Bertz CT molecular complexity index is 683. The summed E-state index contributed by atoms with van der Waals surface area (Å²) in [5.41, 5.74) is 3.11. The van der Waals surface area contributed by atoms with E-state index in [1.165, 1.54) is 24.8 Å². The van der Waals surface area contributed by atoms with E-state index in [0.717, 1.165) is 31.4 Å². The van der Waals surface area contributed by atoms with Crippen molar-refractivity contribution in [2.75, 3.05) is 19.0 Å². The fourth-order valence-corrected chi connectivity index (χ4v) is 4.65. The van der Waals surface area contributed by atoms with Gasteiger partial charge in [-0.25, -0.2) is 0 Å². The predicted octanol–water partition coefficient (Wildman–Crippen LogP) is 4.32. The second kappa shape index (κ2) is 9.09. The van der Waals surface area contributed by atoms with E-state index in [-0.39, 0.29) is 23.7 Å². The van der Waals surface area contributed by atoms with Gasteiger partial charge in [0.1, 0.15) is 5.88 Å². The molecule has 1 unspecified atom stereocenters. The lowest BCUT2D eigenvalue weighted by Gasteiger charge is -2.43. The van der Waals surface area contributed by atoms with Crippen LogP contribution in [0, 0.1) is 11.8 Å². The molecule has 27 heavy (non-hydrogen) atoms. The highest BCUT2D eigenvalue weighted by Gasteiger charge is 2.36. The van der Waals surface area contributed by atoms with Gasteiger partial charge in [0.15, 0.2) is 0 Å². The number of nitrogens with zero attached hydrogens (tertiary/aromatic N) is 1. The van der Waals surface area contributed by atoms with Crippen LogP contribution in [0.4, 0.5) is 0 Å². The van der Waals surface area contributed by atoms with Crippen LogP contribution >= 0.6 is 11.6 Å². The van der Waals surface area contributed by atoms with E-state index in [0.29, 0.717) is 23.9 Å². The highest BCUT2D eigenvalue weighted by atomic mass is 35.5. The maximum atomic E-state index is 12.6. The Morgan fingerprint density at radius 2 is 1.96 bits per heavy atom. The smallest absolute Gasteiger partial charge is 0.251 e. The molecule has 1 aromatic rings. The first kappa shape index (κ1) is 20.2. The third-order valence-electron chi connectivity index (χ3n) is 5.89. The van der Waals surface area contributed by atoms with Crippen molar-refractivity contribution < 1.29 is 9.59 Å². The lowest BCUT2D eigenvalue weighted by Crippen LogP contribution is -2.44. The number of hydrogen-bond donors (Lipinski definition) is 1. The van der Waals surface area contributed by atoms with Crippen LogP contribution in [0.3, 0.4) is 0 Å². The molecule has 0 aromatic heterocycles. The fraction of sp³-hybridized carbons (Fsp3) is 0.636. The van der Waals surface area contributed by atoms with Crippen molar-refractivity contribution in [2.45, 2.75) is 58.4 Å². The molecular weight excluding hydrogens is 360 g/mol. The summed E-state index contributed by atoms with van der Waals surface area (Å²) in [4.78, 5) is 27.1. The minimum absolute atomic E-state index is 0.00699. The summed E-state index contributed by atoms with van der Waals surface area (Å²) in [6.45, 7) is 5.56. The number of fused-ring (bicyclic) bond motifs is 1. The van der Waals surface area contributed by atoms with Gasteiger partial charge in [0.25, 0.3) is 5.91 Å². The summed E-state index contributed by atoms with van der Waals surface area (Å²) < 4.78 is 0. The van der Waals surface area contributed by atoms with E-state index in [4.69, 9.17) is 11.6 Å². The molecule has 1 saturated carbocycles. The molecule has 4 nitrogen and oxygen atoms in total. The summed E-state index contributed by atoms with van der Waals surface area (Å²) in [7, 11) is 0. The average Bonchev–Trinajstić information content (AvgIpc) is 2.70. The largest absolute Gasteiger partial charge is 0.352 e. The minimum Gasteiger partial charge on any atom is -0.352 e. The molecule has 2 aliphatic rings. The van der Waals surface area contributed by atoms with Crippen LogP contribution in [0.25, 0.3) is 0 Å². The standard InChI is InChI=1S/C22H31ClN2O2/c1-15(2)14-24-22(27)18-9-8-16-10-11-25(20(26)13-23)21(19(16)12-18)17-6-4-3-5-7-17/h8-9,12,15,17,21H,3-7,10-11,13-14H2,1-2H3,(H,24,27). The molecule has 5 heteroatoms. The summed E-state index contributed by atoms with van der Waals surface area (Å²) >= 11 is 5.91. The molecule has 0 radical (unpaired) electrons. The first-order valence-corrected chi connectivity index (χ1v) is 10.8. The Labute approximate surface area is 167 Å². The molecule has 2 amide bonds. The SMILES string of the molecule is CC(C)CNC(=O)c1ccc2c(c1)C(C1CCCCC1)N(C(=O)CCl)CC2. The van der Waals surface area contributed by atoms with E-state index in [2.05, 4.69) is 25.2 Å². The Morgan fingerprint density at radius 3 is 2.63 bits per heavy atom. The normalized spacial score (nSPS) is 20.4. The molecule has 1 aromatic carbocycles. The van der Waals surface area contributed by atoms with E-state index in [9.17, 15) is 9.59 Å². The molecular formula is C22H31ClN2O2. The zero-order chi connectivity index (χ0) is 19.4. The summed E-state index contributed by atoms with van der Waals surface area (Å²) in [5.74, 6) is 0.868. The lowest BCUT2D eigenvalue weighted by atomic mass is 9.77. The first-order chi connectivity index (χ1) is 13.0. The number of alkyl halides is 1. The van der Waals surface area contributed by atoms with Crippen molar-refractivity contribution in [3.05, 3.63) is 34.9 Å². The molecule has 0 bridgehead atoms. The van der Waals surface area contributed by atoms with Crippen LogP contribution in [0.5, 0.6) is 0 Å². The number of halogens is 1. The quantitative estimate of drug-likeness (QED) is 0.761. The molecule has 1 aliphatic carbocycles. The van der Waals surface area contributed by atoms with Gasteiger partial charge >= 0.3 is 0 Å². The van der Waals surface area contributed by atoms with Gasteiger partial charge < -0.3 is 10.2 Å². The van der Waals surface area contributed by atoms with Crippen molar-refractivity contribution in [3.63, 3.8) is 0 Å². The van der Waals surface area contributed by atoms with Gasteiger partial charge in [-0.2, -0.15) is 0 Å². The monoisotopic (exact) mass is 390 g/mol. The van der Waals surface area contributed by atoms with Gasteiger partial charge in [0.2, 0.25) is 5.91 Å². The zero-order valence-electron chi connectivity index (χ0n) is 16.5. The van der Waals surface area contributed by atoms with Gasteiger partial charge in [0, 0.05) is 18.7 Å². The van der Waals surface area contributed by atoms with Crippen LogP contribution in [-0.4, -0.2) is 35.7 Å². The van der Waals surface area contributed by atoms with Crippen molar-refractivity contribution in [3.8, 4) is 0 Å². The molecule has 0 spiro atoms. The van der Waals surface area contributed by atoms with Crippen LogP contribution in [-0.2, 0) is 11.2 Å². The van der Waals surface area contributed by atoms with Crippen molar-refractivity contribution >= 4 is 23.4 Å². The fourth-order valence-electron chi connectivity index (χ4n) is 4.50.